The van der Waals surface area contributed by atoms with E-state index in [0.717, 1.165) is 12.5 Å². The zero-order valence-electron chi connectivity index (χ0n) is 10.2. The van der Waals surface area contributed by atoms with E-state index >= 15 is 0 Å². The molecule has 1 saturated heterocycles. The Balaban J connectivity index is 1.72. The molecule has 0 spiro atoms. The zero-order chi connectivity index (χ0) is 11.2. The van der Waals surface area contributed by atoms with Crippen molar-refractivity contribution in [2.45, 2.75) is 45.1 Å². The summed E-state index contributed by atoms with van der Waals surface area (Å²) in [6, 6.07) is 7.04. The Hall–Kier alpha value is -0.890. The van der Waals surface area contributed by atoms with E-state index in [1.54, 1.807) is 0 Å². The van der Waals surface area contributed by atoms with Crippen LogP contribution in [0.15, 0.2) is 24.4 Å². The summed E-state index contributed by atoms with van der Waals surface area (Å²) in [6.45, 7) is 4.80. The third kappa shape index (κ3) is 3.05. The maximum atomic E-state index is 4.37. The fourth-order valence-electron chi connectivity index (χ4n) is 2.70. The van der Waals surface area contributed by atoms with Gasteiger partial charge in [0.05, 0.1) is 0 Å². The lowest BCUT2D eigenvalue weighted by atomic mass is 10.1. The predicted molar refractivity (Wildman–Crippen MR) is 67.4 cm³/mol. The van der Waals surface area contributed by atoms with Gasteiger partial charge in [0.15, 0.2) is 0 Å². The molecule has 2 rings (SSSR count). The van der Waals surface area contributed by atoms with Gasteiger partial charge in [0.25, 0.3) is 0 Å². The van der Waals surface area contributed by atoms with E-state index in [-0.39, 0.29) is 0 Å². The van der Waals surface area contributed by atoms with Crippen molar-refractivity contribution in [2.75, 3.05) is 13.1 Å². The van der Waals surface area contributed by atoms with Crippen LogP contribution in [0.2, 0.25) is 0 Å². The largest absolute Gasteiger partial charge is 0.301 e. The number of rotatable bonds is 5. The smallest absolute Gasteiger partial charge is 0.0403 e. The van der Waals surface area contributed by atoms with Crippen LogP contribution >= 0.6 is 0 Å². The maximum Gasteiger partial charge on any atom is 0.0403 e. The predicted octanol–water partition coefficient (Wildman–Crippen LogP) is 2.89. The van der Waals surface area contributed by atoms with Gasteiger partial charge in [-0.05, 0) is 57.3 Å². The summed E-state index contributed by atoms with van der Waals surface area (Å²) in [6.07, 6.45) is 8.43. The molecule has 0 saturated carbocycles. The topological polar surface area (TPSA) is 16.1 Å². The third-order valence-electron chi connectivity index (χ3n) is 3.60. The fraction of sp³-hybridized carbons (Fsp3) is 0.643. The molecule has 16 heavy (non-hydrogen) atoms. The van der Waals surface area contributed by atoms with E-state index in [4.69, 9.17) is 0 Å². The van der Waals surface area contributed by atoms with E-state index in [9.17, 15) is 0 Å². The van der Waals surface area contributed by atoms with Crippen molar-refractivity contribution in [1.82, 2.24) is 9.88 Å². The minimum absolute atomic E-state index is 0.841. The number of likely N-dealkylation sites (tertiary alicyclic amines) is 1. The van der Waals surface area contributed by atoms with Crippen LogP contribution in [0.5, 0.6) is 0 Å². The SMILES string of the molecule is CCN1CCCC1CCCc1ccccn1. The number of aryl methyl sites for hydroxylation is 1. The van der Waals surface area contributed by atoms with Crippen LogP contribution in [-0.4, -0.2) is 29.0 Å². The Bertz CT molecular complexity index is 297. The molecule has 1 fully saturated rings. The minimum atomic E-state index is 0.841. The van der Waals surface area contributed by atoms with Gasteiger partial charge in [0.2, 0.25) is 0 Å². The second-order valence-corrected chi connectivity index (χ2v) is 4.64. The average molecular weight is 218 g/mol. The first-order valence-corrected chi connectivity index (χ1v) is 6.54. The van der Waals surface area contributed by atoms with E-state index in [2.05, 4.69) is 28.9 Å². The molecule has 0 amide bonds. The van der Waals surface area contributed by atoms with E-state index < -0.39 is 0 Å². The van der Waals surface area contributed by atoms with Crippen molar-refractivity contribution in [3.8, 4) is 0 Å². The molecule has 1 aromatic heterocycles. The molecule has 0 aliphatic carbocycles. The van der Waals surface area contributed by atoms with Crippen molar-refractivity contribution < 1.29 is 0 Å². The van der Waals surface area contributed by atoms with Gasteiger partial charge >= 0.3 is 0 Å². The normalized spacial score (nSPS) is 21.4. The zero-order valence-corrected chi connectivity index (χ0v) is 10.2. The molecule has 1 aromatic rings. The second-order valence-electron chi connectivity index (χ2n) is 4.64. The summed E-state index contributed by atoms with van der Waals surface area (Å²) in [5, 5.41) is 0. The first-order valence-electron chi connectivity index (χ1n) is 6.54. The van der Waals surface area contributed by atoms with Gasteiger partial charge in [0, 0.05) is 17.9 Å². The van der Waals surface area contributed by atoms with Crippen LogP contribution in [0.25, 0.3) is 0 Å². The van der Waals surface area contributed by atoms with Crippen molar-refractivity contribution in [2.24, 2.45) is 0 Å². The molecule has 0 aromatic carbocycles. The van der Waals surface area contributed by atoms with Gasteiger partial charge in [-0.3, -0.25) is 4.98 Å². The van der Waals surface area contributed by atoms with E-state index in [1.807, 2.05) is 12.3 Å². The highest BCUT2D eigenvalue weighted by molar-refractivity contribution is 5.03. The number of hydrogen-bond acceptors (Lipinski definition) is 2. The first-order chi connectivity index (χ1) is 7.90. The van der Waals surface area contributed by atoms with Crippen molar-refractivity contribution in [3.05, 3.63) is 30.1 Å². The summed E-state index contributed by atoms with van der Waals surface area (Å²) in [5.74, 6) is 0. The van der Waals surface area contributed by atoms with Crippen molar-refractivity contribution in [3.63, 3.8) is 0 Å². The Labute approximate surface area is 98.7 Å². The number of nitrogens with zero attached hydrogens (tertiary/aromatic N) is 2. The quantitative estimate of drug-likeness (QED) is 0.755. The molecular weight excluding hydrogens is 196 g/mol. The summed E-state index contributed by atoms with van der Waals surface area (Å²) in [4.78, 5) is 6.99. The molecule has 1 atom stereocenters. The van der Waals surface area contributed by atoms with Gasteiger partial charge < -0.3 is 4.90 Å². The van der Waals surface area contributed by atoms with E-state index in [1.165, 1.54) is 44.5 Å². The van der Waals surface area contributed by atoms with Gasteiger partial charge in [-0.2, -0.15) is 0 Å². The molecule has 88 valence electrons. The van der Waals surface area contributed by atoms with Crippen LogP contribution in [0.4, 0.5) is 0 Å². The molecule has 2 nitrogen and oxygen atoms in total. The second kappa shape index (κ2) is 6.00. The molecule has 1 unspecified atom stereocenters. The Kier molecular flexibility index (Phi) is 4.34. The maximum absolute atomic E-state index is 4.37. The average Bonchev–Trinajstić information content (AvgIpc) is 2.78. The minimum Gasteiger partial charge on any atom is -0.301 e. The van der Waals surface area contributed by atoms with Crippen molar-refractivity contribution in [1.29, 1.82) is 0 Å². The highest BCUT2D eigenvalue weighted by Crippen LogP contribution is 2.21. The monoisotopic (exact) mass is 218 g/mol. The van der Waals surface area contributed by atoms with Crippen molar-refractivity contribution >= 4 is 0 Å². The Morgan fingerprint density at radius 2 is 2.38 bits per heavy atom. The standard InChI is InChI=1S/C14H22N2/c1-2-16-12-6-10-14(16)9-5-8-13-7-3-4-11-15-13/h3-4,7,11,14H,2,5-6,8-10,12H2,1H3. The van der Waals surface area contributed by atoms with Gasteiger partial charge in [-0.25, -0.2) is 0 Å². The van der Waals surface area contributed by atoms with E-state index in [0.29, 0.717) is 0 Å². The number of hydrogen-bond donors (Lipinski definition) is 0. The molecule has 1 aliphatic heterocycles. The molecule has 1 aliphatic rings. The van der Waals surface area contributed by atoms with Crippen LogP contribution < -0.4 is 0 Å². The molecule has 2 heterocycles. The highest BCUT2D eigenvalue weighted by Gasteiger charge is 2.21. The summed E-state index contributed by atoms with van der Waals surface area (Å²) >= 11 is 0. The van der Waals surface area contributed by atoms with Gasteiger partial charge in [-0.1, -0.05) is 13.0 Å². The third-order valence-corrected chi connectivity index (χ3v) is 3.60. The number of pyridine rings is 1. The van der Waals surface area contributed by atoms with Gasteiger partial charge in [0.1, 0.15) is 0 Å². The lowest BCUT2D eigenvalue weighted by Gasteiger charge is -2.22. The highest BCUT2D eigenvalue weighted by atomic mass is 15.2. The first kappa shape index (κ1) is 11.6. The number of aromatic nitrogens is 1. The lowest BCUT2D eigenvalue weighted by Crippen LogP contribution is -2.29. The van der Waals surface area contributed by atoms with Crippen LogP contribution in [0.3, 0.4) is 0 Å². The Morgan fingerprint density at radius 3 is 3.12 bits per heavy atom. The van der Waals surface area contributed by atoms with Crippen LogP contribution in [0.1, 0.15) is 38.3 Å². The molecule has 0 bridgehead atoms. The fourth-order valence-corrected chi connectivity index (χ4v) is 2.70. The summed E-state index contributed by atoms with van der Waals surface area (Å²) < 4.78 is 0. The molecule has 0 N–H and O–H groups in total. The van der Waals surface area contributed by atoms with Gasteiger partial charge in [-0.15, -0.1) is 0 Å². The van der Waals surface area contributed by atoms with Crippen LogP contribution in [-0.2, 0) is 6.42 Å². The summed E-state index contributed by atoms with van der Waals surface area (Å²) in [7, 11) is 0. The summed E-state index contributed by atoms with van der Waals surface area (Å²) in [5.41, 5.74) is 1.24. The molecular formula is C14H22N2. The molecule has 2 heteroatoms. The lowest BCUT2D eigenvalue weighted by molar-refractivity contribution is 0.252. The van der Waals surface area contributed by atoms with Crippen LogP contribution in [0, 0.1) is 0 Å². The Morgan fingerprint density at radius 1 is 1.44 bits per heavy atom. The molecule has 0 radical (unpaired) electrons.